The topological polar surface area (TPSA) is 29.3 Å². The second kappa shape index (κ2) is 7.10. The van der Waals surface area contributed by atoms with Gasteiger partial charge in [-0.05, 0) is 38.5 Å². The van der Waals surface area contributed by atoms with E-state index in [-0.39, 0.29) is 0 Å². The SMILES string of the molecule is Cc1c(/C=N\NCc2ccccc2Cl)c2ccccc2n1C(C)C. The van der Waals surface area contributed by atoms with Gasteiger partial charge in [0.05, 0.1) is 12.8 Å². The number of benzene rings is 2. The van der Waals surface area contributed by atoms with Gasteiger partial charge in [0.1, 0.15) is 0 Å². The van der Waals surface area contributed by atoms with Crippen molar-refractivity contribution in [3.8, 4) is 0 Å². The summed E-state index contributed by atoms with van der Waals surface area (Å²) in [6.45, 7) is 7.17. The van der Waals surface area contributed by atoms with Crippen LogP contribution in [0.15, 0.2) is 53.6 Å². The van der Waals surface area contributed by atoms with E-state index in [0.29, 0.717) is 12.6 Å². The first-order chi connectivity index (χ1) is 11.6. The standard InChI is InChI=1S/C20H22ClN3/c1-14(2)24-15(3)18(17-9-5-7-11-20(17)24)13-23-22-12-16-8-4-6-10-19(16)21/h4-11,13-14,22H,12H2,1-3H3/b23-13-. The Kier molecular flexibility index (Phi) is 4.91. The van der Waals surface area contributed by atoms with Gasteiger partial charge in [-0.3, -0.25) is 0 Å². The van der Waals surface area contributed by atoms with Crippen LogP contribution in [0.3, 0.4) is 0 Å². The van der Waals surface area contributed by atoms with Crippen LogP contribution in [0.2, 0.25) is 5.02 Å². The zero-order chi connectivity index (χ0) is 17.1. The Morgan fingerprint density at radius 2 is 1.83 bits per heavy atom. The van der Waals surface area contributed by atoms with Crippen LogP contribution in [-0.2, 0) is 6.54 Å². The minimum atomic E-state index is 0.410. The third kappa shape index (κ3) is 3.17. The highest BCUT2D eigenvalue weighted by Crippen LogP contribution is 2.27. The van der Waals surface area contributed by atoms with E-state index in [1.165, 1.54) is 16.6 Å². The molecule has 3 nitrogen and oxygen atoms in total. The highest BCUT2D eigenvalue weighted by molar-refractivity contribution is 6.31. The van der Waals surface area contributed by atoms with Crippen molar-refractivity contribution in [2.24, 2.45) is 5.10 Å². The van der Waals surface area contributed by atoms with Gasteiger partial charge in [0.25, 0.3) is 0 Å². The fraction of sp³-hybridized carbons (Fsp3) is 0.250. The fourth-order valence-electron chi connectivity index (χ4n) is 3.13. The first-order valence-corrected chi connectivity index (χ1v) is 8.56. The lowest BCUT2D eigenvalue weighted by atomic mass is 10.1. The Balaban J connectivity index is 1.85. The molecule has 2 aromatic carbocycles. The number of hydrazone groups is 1. The molecule has 3 rings (SSSR count). The van der Waals surface area contributed by atoms with Crippen molar-refractivity contribution in [3.05, 3.63) is 70.4 Å². The van der Waals surface area contributed by atoms with Gasteiger partial charge in [-0.25, -0.2) is 0 Å². The third-order valence-electron chi connectivity index (χ3n) is 4.23. The first-order valence-electron chi connectivity index (χ1n) is 8.18. The minimum Gasteiger partial charge on any atom is -0.342 e. The van der Waals surface area contributed by atoms with Crippen LogP contribution in [0.25, 0.3) is 10.9 Å². The van der Waals surface area contributed by atoms with E-state index >= 15 is 0 Å². The smallest absolute Gasteiger partial charge is 0.0594 e. The number of rotatable bonds is 5. The molecule has 0 unspecified atom stereocenters. The molecule has 1 heterocycles. The maximum Gasteiger partial charge on any atom is 0.0594 e. The number of hydrogen-bond acceptors (Lipinski definition) is 2. The number of aromatic nitrogens is 1. The Morgan fingerprint density at radius 3 is 2.58 bits per heavy atom. The van der Waals surface area contributed by atoms with E-state index in [4.69, 9.17) is 11.6 Å². The molecule has 0 fully saturated rings. The summed E-state index contributed by atoms with van der Waals surface area (Å²) in [4.78, 5) is 0. The van der Waals surface area contributed by atoms with E-state index in [1.54, 1.807) is 0 Å². The lowest BCUT2D eigenvalue weighted by molar-refractivity contribution is 0.607. The molecule has 0 atom stereocenters. The molecule has 0 spiro atoms. The molecule has 3 aromatic rings. The zero-order valence-corrected chi connectivity index (χ0v) is 15.0. The number of para-hydroxylation sites is 1. The van der Waals surface area contributed by atoms with Gasteiger partial charge < -0.3 is 9.99 Å². The van der Waals surface area contributed by atoms with E-state index in [9.17, 15) is 0 Å². The van der Waals surface area contributed by atoms with Crippen LogP contribution in [0, 0.1) is 6.92 Å². The fourth-order valence-corrected chi connectivity index (χ4v) is 3.33. The quantitative estimate of drug-likeness (QED) is 0.495. The second-order valence-corrected chi connectivity index (χ2v) is 6.57. The minimum absolute atomic E-state index is 0.410. The first kappa shape index (κ1) is 16.6. The lowest BCUT2D eigenvalue weighted by Gasteiger charge is -2.12. The van der Waals surface area contributed by atoms with Crippen LogP contribution in [0.1, 0.15) is 36.7 Å². The summed E-state index contributed by atoms with van der Waals surface area (Å²) in [7, 11) is 0. The van der Waals surface area contributed by atoms with Crippen molar-refractivity contribution in [3.63, 3.8) is 0 Å². The Hall–Kier alpha value is -2.26. The molecule has 0 aliphatic carbocycles. The molecule has 0 bridgehead atoms. The average molecular weight is 340 g/mol. The molecule has 0 saturated carbocycles. The van der Waals surface area contributed by atoms with Crippen LogP contribution in [0.4, 0.5) is 0 Å². The summed E-state index contributed by atoms with van der Waals surface area (Å²) in [5, 5.41) is 6.40. The van der Waals surface area contributed by atoms with Gasteiger partial charge >= 0.3 is 0 Å². The van der Waals surface area contributed by atoms with Crippen molar-refractivity contribution in [1.29, 1.82) is 0 Å². The molecule has 1 aromatic heterocycles. The van der Waals surface area contributed by atoms with Crippen molar-refractivity contribution < 1.29 is 0 Å². The van der Waals surface area contributed by atoms with E-state index in [0.717, 1.165) is 16.1 Å². The number of hydrogen-bond donors (Lipinski definition) is 1. The largest absolute Gasteiger partial charge is 0.342 e. The van der Waals surface area contributed by atoms with Gasteiger partial charge in [-0.1, -0.05) is 48.0 Å². The molecule has 124 valence electrons. The maximum absolute atomic E-state index is 6.17. The number of nitrogens with zero attached hydrogens (tertiary/aromatic N) is 2. The number of halogens is 1. The van der Waals surface area contributed by atoms with E-state index in [2.05, 4.69) is 60.1 Å². The number of nitrogens with one attached hydrogen (secondary N) is 1. The molecule has 0 saturated heterocycles. The Morgan fingerprint density at radius 1 is 1.12 bits per heavy atom. The molecule has 4 heteroatoms. The zero-order valence-electron chi connectivity index (χ0n) is 14.3. The van der Waals surface area contributed by atoms with Crippen molar-refractivity contribution in [1.82, 2.24) is 9.99 Å². The molecule has 0 radical (unpaired) electrons. The Bertz CT molecular complexity index is 878. The second-order valence-electron chi connectivity index (χ2n) is 6.16. The van der Waals surface area contributed by atoms with Crippen LogP contribution in [0.5, 0.6) is 0 Å². The number of fused-ring (bicyclic) bond motifs is 1. The van der Waals surface area contributed by atoms with Gasteiger partial charge in [0, 0.05) is 33.2 Å². The van der Waals surface area contributed by atoms with Crippen molar-refractivity contribution >= 4 is 28.7 Å². The monoisotopic (exact) mass is 339 g/mol. The van der Waals surface area contributed by atoms with Gasteiger partial charge in [-0.15, -0.1) is 0 Å². The molecular weight excluding hydrogens is 318 g/mol. The third-order valence-corrected chi connectivity index (χ3v) is 4.60. The van der Waals surface area contributed by atoms with Crippen LogP contribution in [-0.4, -0.2) is 10.8 Å². The van der Waals surface area contributed by atoms with Crippen LogP contribution < -0.4 is 5.43 Å². The van der Waals surface area contributed by atoms with Gasteiger partial charge in [0.2, 0.25) is 0 Å². The summed E-state index contributed by atoms with van der Waals surface area (Å²) in [6, 6.07) is 16.7. The summed E-state index contributed by atoms with van der Waals surface area (Å²) in [5.74, 6) is 0. The molecule has 0 aliphatic heterocycles. The molecule has 0 amide bonds. The normalized spacial score (nSPS) is 11.7. The maximum atomic E-state index is 6.17. The molecular formula is C20H22ClN3. The summed E-state index contributed by atoms with van der Waals surface area (Å²) in [5.41, 5.74) is 7.77. The highest BCUT2D eigenvalue weighted by Gasteiger charge is 2.13. The van der Waals surface area contributed by atoms with Crippen LogP contribution >= 0.6 is 11.6 Å². The summed E-state index contributed by atoms with van der Waals surface area (Å²) < 4.78 is 2.35. The molecule has 0 aliphatic rings. The molecule has 24 heavy (non-hydrogen) atoms. The average Bonchev–Trinajstić information content (AvgIpc) is 2.85. The van der Waals surface area contributed by atoms with Crippen molar-refractivity contribution in [2.45, 2.75) is 33.4 Å². The van der Waals surface area contributed by atoms with Gasteiger partial charge in [0.15, 0.2) is 0 Å². The van der Waals surface area contributed by atoms with Gasteiger partial charge in [-0.2, -0.15) is 5.10 Å². The highest BCUT2D eigenvalue weighted by atomic mass is 35.5. The lowest BCUT2D eigenvalue weighted by Crippen LogP contribution is -2.06. The van der Waals surface area contributed by atoms with E-state index in [1.807, 2.05) is 30.5 Å². The summed E-state index contributed by atoms with van der Waals surface area (Å²) in [6.07, 6.45) is 1.91. The predicted molar refractivity (Wildman–Crippen MR) is 103 cm³/mol. The van der Waals surface area contributed by atoms with Crippen molar-refractivity contribution in [2.75, 3.05) is 0 Å². The molecule has 1 N–H and O–H groups in total. The van der Waals surface area contributed by atoms with E-state index < -0.39 is 0 Å². The summed E-state index contributed by atoms with van der Waals surface area (Å²) >= 11 is 6.17. The predicted octanol–water partition coefficient (Wildman–Crippen LogP) is 5.31. The Labute approximate surface area is 147 Å².